The Kier molecular flexibility index (Phi) is 20.3. The van der Waals surface area contributed by atoms with E-state index in [1.165, 1.54) is 0 Å². The lowest BCUT2D eigenvalue weighted by Crippen LogP contribution is -2.47. The molecule has 0 saturated carbocycles. The van der Waals surface area contributed by atoms with Crippen LogP contribution in [0.3, 0.4) is 0 Å². The Bertz CT molecular complexity index is 459. The second-order valence-electron chi connectivity index (χ2n) is 3.85. The maximum absolute atomic E-state index is 11.7. The number of hydrogen-bond acceptors (Lipinski definition) is 3. The predicted molar refractivity (Wildman–Crippen MR) is 79.4 cm³/mol. The lowest BCUT2D eigenvalue weighted by atomic mass is 10.5. The van der Waals surface area contributed by atoms with Gasteiger partial charge in [-0.25, -0.2) is 0 Å². The quantitative estimate of drug-likeness (QED) is 0.180. The van der Waals surface area contributed by atoms with Crippen LogP contribution in [-0.4, -0.2) is 62.1 Å². The molecule has 21 heteroatoms. The van der Waals surface area contributed by atoms with Crippen molar-refractivity contribution in [1.29, 1.82) is 0 Å². The molecule has 0 aromatic carbocycles. The molecule has 0 saturated heterocycles. The fraction of sp³-hybridized carbons (Fsp3) is 0.889. The summed E-state index contributed by atoms with van der Waals surface area (Å²) in [4.78, 5) is 2.28. The summed E-state index contributed by atoms with van der Waals surface area (Å²) in [5, 5.41) is 0.823. The molecule has 1 N–H and O–H groups in total. The van der Waals surface area contributed by atoms with Crippen molar-refractivity contribution in [3.63, 3.8) is 0 Å². The standard InChI is InChI=1S/C3H3ClF5N.C3H4F5N.C3H3F4N.ClF.ClH/c1-10(4)3(8,9)2(5,6)7;1-9-3(7,8)2(4,5)6;1-8-2(4)3(5,6)7;1-2;/h1H3;9H,1H3;1H3;;1H. The van der Waals surface area contributed by atoms with Crippen LogP contribution in [0.25, 0.3) is 0 Å². The van der Waals surface area contributed by atoms with Crippen molar-refractivity contribution in [1.82, 2.24) is 9.74 Å². The number of aliphatic imine (C=N–C) groups is 1. The summed E-state index contributed by atoms with van der Waals surface area (Å²) in [5.41, 5.74) is 0. The van der Waals surface area contributed by atoms with Crippen LogP contribution in [0.5, 0.6) is 0 Å². The summed E-state index contributed by atoms with van der Waals surface area (Å²) in [6.45, 7) is 0. The van der Waals surface area contributed by atoms with Crippen LogP contribution in [0, 0.1) is 0 Å². The SMILES string of the molecule is CN(Cl)C(F)(F)C(F)(F)F.CN=C(F)C(F)(F)F.CNC(F)(F)C(F)(F)F.Cl.FCl. The van der Waals surface area contributed by atoms with Gasteiger partial charge in [0.15, 0.2) is 0 Å². The first-order chi connectivity index (χ1) is 12.5. The molecule has 0 spiro atoms. The van der Waals surface area contributed by atoms with E-state index in [0.29, 0.717) is 14.1 Å². The van der Waals surface area contributed by atoms with Crippen molar-refractivity contribution < 1.29 is 65.4 Å². The maximum Gasteiger partial charge on any atom is 0.470 e. The highest BCUT2D eigenvalue weighted by atomic mass is 35.5. The van der Waals surface area contributed by atoms with Gasteiger partial charge < -0.3 is 0 Å². The van der Waals surface area contributed by atoms with Gasteiger partial charge in [-0.2, -0.15) is 65.9 Å². The Morgan fingerprint density at radius 1 is 0.800 bits per heavy atom. The average Bonchev–Trinajstić information content (AvgIpc) is 2.54. The van der Waals surface area contributed by atoms with Gasteiger partial charge in [0.25, 0.3) is 5.97 Å². The van der Waals surface area contributed by atoms with Gasteiger partial charge in [0, 0.05) is 14.1 Å². The number of hydrogen-bond donors (Lipinski definition) is 1. The highest BCUT2D eigenvalue weighted by Gasteiger charge is 2.60. The summed E-state index contributed by atoms with van der Waals surface area (Å²) in [6.07, 6.45) is -16.0. The zero-order valence-corrected chi connectivity index (χ0v) is 16.6. The normalized spacial score (nSPS) is 13.0. The minimum absolute atomic E-state index is 0. The number of alkyl halides is 13. The van der Waals surface area contributed by atoms with Gasteiger partial charge in [0.2, 0.25) is 0 Å². The monoisotopic (exact) mass is 551 g/mol. The Morgan fingerprint density at radius 3 is 1.10 bits per heavy atom. The minimum atomic E-state index is -5.62. The molecule has 0 atom stereocenters. The molecule has 0 fully saturated rings. The Balaban J connectivity index is -0.0000000987. The molecule has 0 aromatic rings. The smallest absolute Gasteiger partial charge is 0.257 e. The van der Waals surface area contributed by atoms with Crippen LogP contribution < -0.4 is 5.32 Å². The minimum Gasteiger partial charge on any atom is -0.257 e. The summed E-state index contributed by atoms with van der Waals surface area (Å²) in [7, 11) is 1.70. The number of rotatable bonds is 2. The zero-order valence-electron chi connectivity index (χ0n) is 14.2. The van der Waals surface area contributed by atoms with Crippen LogP contribution in [0.2, 0.25) is 0 Å². The molecule has 0 amide bonds. The molecule has 0 heterocycles. The predicted octanol–water partition coefficient (Wildman–Crippen LogP) is 6.67. The van der Waals surface area contributed by atoms with Crippen molar-refractivity contribution >= 4 is 42.1 Å². The van der Waals surface area contributed by atoms with E-state index in [0.717, 1.165) is 12.4 Å². The Hall–Kier alpha value is -0.590. The molecule has 0 aliphatic heterocycles. The molecule has 0 rings (SSSR count). The van der Waals surface area contributed by atoms with Crippen LogP contribution in [0.4, 0.5) is 65.4 Å². The molecule has 3 nitrogen and oxygen atoms in total. The largest absolute Gasteiger partial charge is 0.470 e. The fourth-order valence-electron chi connectivity index (χ4n) is 0.443. The molecule has 0 aliphatic carbocycles. The summed E-state index contributed by atoms with van der Waals surface area (Å²) in [5.74, 6) is -2.29. The summed E-state index contributed by atoms with van der Waals surface area (Å²) < 4.78 is 165. The van der Waals surface area contributed by atoms with Crippen LogP contribution >= 0.6 is 36.1 Å². The van der Waals surface area contributed by atoms with Crippen LogP contribution in [0.1, 0.15) is 0 Å². The molecule has 0 bridgehead atoms. The van der Waals surface area contributed by atoms with E-state index < -0.39 is 41.0 Å². The van der Waals surface area contributed by atoms with Crippen molar-refractivity contribution in [2.75, 3.05) is 21.1 Å². The van der Waals surface area contributed by atoms with Gasteiger partial charge in [-0.1, -0.05) is 0 Å². The maximum atomic E-state index is 11.7. The van der Waals surface area contributed by atoms with E-state index in [9.17, 15) is 61.5 Å². The van der Waals surface area contributed by atoms with Crippen molar-refractivity contribution in [3.05, 3.63) is 0 Å². The van der Waals surface area contributed by atoms with Gasteiger partial charge in [-0.3, -0.25) is 10.3 Å². The van der Waals surface area contributed by atoms with E-state index in [1.54, 1.807) is 0 Å². The highest BCUT2D eigenvalue weighted by molar-refractivity contribution is 6.13. The number of nitrogens with one attached hydrogen (secondary N) is 1. The third-order valence-electron chi connectivity index (χ3n) is 1.83. The topological polar surface area (TPSA) is 27.6 Å². The molecule has 0 aromatic heterocycles. The second-order valence-corrected chi connectivity index (χ2v) is 4.36. The molecule has 30 heavy (non-hydrogen) atoms. The van der Waals surface area contributed by atoms with E-state index in [-0.39, 0.29) is 12.4 Å². The summed E-state index contributed by atoms with van der Waals surface area (Å²) >= 11 is 7.56. The third-order valence-corrected chi connectivity index (χ3v) is 2.04. The second kappa shape index (κ2) is 15.3. The zero-order chi connectivity index (χ0) is 25.1. The van der Waals surface area contributed by atoms with E-state index in [1.807, 2.05) is 0 Å². The molecule has 0 unspecified atom stereocenters. The molecule has 0 radical (unpaired) electrons. The first kappa shape index (κ1) is 39.8. The van der Waals surface area contributed by atoms with Crippen LogP contribution in [0.15, 0.2) is 4.99 Å². The lowest BCUT2D eigenvalue weighted by Gasteiger charge is -2.22. The Labute approximate surface area is 174 Å². The van der Waals surface area contributed by atoms with Gasteiger partial charge in [0.1, 0.15) is 12.0 Å². The Morgan fingerprint density at radius 2 is 1.10 bits per heavy atom. The highest BCUT2D eigenvalue weighted by Crippen LogP contribution is 2.38. The van der Waals surface area contributed by atoms with Gasteiger partial charge in [-0.05, 0) is 18.8 Å². The van der Waals surface area contributed by atoms with E-state index in [4.69, 9.17) is 3.98 Å². The van der Waals surface area contributed by atoms with E-state index >= 15 is 0 Å². The van der Waals surface area contributed by atoms with Crippen molar-refractivity contribution in [2.45, 2.75) is 30.6 Å². The molecular weight excluding hydrogens is 541 g/mol. The average molecular weight is 553 g/mol. The van der Waals surface area contributed by atoms with Gasteiger partial charge in [-0.15, -0.1) is 16.4 Å². The molecular formula is C9H11Cl3F15N3. The van der Waals surface area contributed by atoms with Gasteiger partial charge >= 0.3 is 30.6 Å². The first-order valence-electron chi connectivity index (χ1n) is 5.80. The third kappa shape index (κ3) is 16.1. The lowest BCUT2D eigenvalue weighted by molar-refractivity contribution is -0.319. The molecule has 188 valence electrons. The van der Waals surface area contributed by atoms with Crippen molar-refractivity contribution in [3.8, 4) is 0 Å². The van der Waals surface area contributed by atoms with E-state index in [2.05, 4.69) is 28.7 Å². The van der Waals surface area contributed by atoms with Crippen LogP contribution in [-0.2, 0) is 0 Å². The molecule has 0 aliphatic rings. The number of halogens is 18. The fourth-order valence-corrected chi connectivity index (χ4v) is 0.539. The van der Waals surface area contributed by atoms with Gasteiger partial charge in [0.05, 0.1) is 0 Å². The first-order valence-corrected chi connectivity index (χ1v) is 6.42. The number of nitrogens with zero attached hydrogens (tertiary/aromatic N) is 2. The van der Waals surface area contributed by atoms with Crippen molar-refractivity contribution in [2.24, 2.45) is 4.99 Å². The summed E-state index contributed by atoms with van der Waals surface area (Å²) in [6, 6.07) is -9.73.